The molecular formula is C25H21N9O. The quantitative estimate of drug-likeness (QED) is 0.322. The maximum atomic E-state index is 12.6. The van der Waals surface area contributed by atoms with Crippen LogP contribution in [0.4, 0.5) is 28.8 Å². The Kier molecular flexibility index (Phi) is 6.07. The fraction of sp³-hybridized carbons (Fsp3) is 0.0400. The molecule has 172 valence electrons. The van der Waals surface area contributed by atoms with E-state index in [9.17, 15) is 4.79 Å². The first-order valence-electron chi connectivity index (χ1n) is 10.8. The molecule has 0 atom stereocenters. The maximum absolute atomic E-state index is 12.6. The molecule has 5 aromatic rings. The van der Waals surface area contributed by atoms with Crippen molar-refractivity contribution in [1.29, 1.82) is 0 Å². The normalized spacial score (nSPS) is 10.5. The van der Waals surface area contributed by atoms with Gasteiger partial charge in [-0.15, -0.1) is 5.10 Å². The number of para-hydroxylation sites is 1. The van der Waals surface area contributed by atoms with E-state index >= 15 is 0 Å². The number of anilines is 5. The van der Waals surface area contributed by atoms with E-state index in [2.05, 4.69) is 41.1 Å². The van der Waals surface area contributed by atoms with E-state index in [0.717, 1.165) is 16.9 Å². The van der Waals surface area contributed by atoms with E-state index in [4.69, 9.17) is 0 Å². The zero-order chi connectivity index (χ0) is 24.0. The first-order chi connectivity index (χ1) is 17.1. The third kappa shape index (κ3) is 5.45. The van der Waals surface area contributed by atoms with Gasteiger partial charge in [-0.05, 0) is 61.0 Å². The third-order valence-corrected chi connectivity index (χ3v) is 4.97. The van der Waals surface area contributed by atoms with Crippen molar-refractivity contribution in [3.63, 3.8) is 0 Å². The molecule has 3 N–H and O–H groups in total. The minimum absolute atomic E-state index is 0.222. The van der Waals surface area contributed by atoms with Gasteiger partial charge in [0, 0.05) is 23.6 Å². The second-order valence-electron chi connectivity index (χ2n) is 7.64. The van der Waals surface area contributed by atoms with E-state index in [0.29, 0.717) is 23.1 Å². The molecule has 0 unspecified atom stereocenters. The van der Waals surface area contributed by atoms with Gasteiger partial charge < -0.3 is 16.0 Å². The van der Waals surface area contributed by atoms with Gasteiger partial charge in [-0.3, -0.25) is 4.79 Å². The predicted molar refractivity (Wildman–Crippen MR) is 133 cm³/mol. The van der Waals surface area contributed by atoms with Gasteiger partial charge in [-0.1, -0.05) is 18.2 Å². The first-order valence-corrected chi connectivity index (χ1v) is 10.8. The average Bonchev–Trinajstić information content (AvgIpc) is 3.37. The number of nitrogens with one attached hydrogen (secondary N) is 3. The van der Waals surface area contributed by atoms with Crippen molar-refractivity contribution in [2.75, 3.05) is 16.0 Å². The van der Waals surface area contributed by atoms with E-state index in [1.165, 1.54) is 17.3 Å². The van der Waals surface area contributed by atoms with Crippen LogP contribution in [0.2, 0.25) is 0 Å². The van der Waals surface area contributed by atoms with Crippen molar-refractivity contribution in [1.82, 2.24) is 29.9 Å². The summed E-state index contributed by atoms with van der Waals surface area (Å²) in [7, 11) is 0. The number of benzene rings is 2. The fourth-order valence-corrected chi connectivity index (χ4v) is 3.26. The molecule has 3 heterocycles. The molecule has 10 nitrogen and oxygen atoms in total. The molecule has 0 fully saturated rings. The smallest absolute Gasteiger partial charge is 0.277 e. The summed E-state index contributed by atoms with van der Waals surface area (Å²) in [6.45, 7) is 2.00. The van der Waals surface area contributed by atoms with Crippen molar-refractivity contribution in [2.24, 2.45) is 0 Å². The summed E-state index contributed by atoms with van der Waals surface area (Å²) in [5.41, 5.74) is 3.53. The van der Waals surface area contributed by atoms with Gasteiger partial charge >= 0.3 is 0 Å². The van der Waals surface area contributed by atoms with Gasteiger partial charge in [0.2, 0.25) is 0 Å². The number of hydrogen-bond acceptors (Lipinski definition) is 8. The number of carbonyl (C=O) groups excluding carboxylic acids is 1. The van der Waals surface area contributed by atoms with Crippen LogP contribution in [0.1, 0.15) is 16.1 Å². The second kappa shape index (κ2) is 9.79. The molecule has 0 spiro atoms. The van der Waals surface area contributed by atoms with Gasteiger partial charge in [0.25, 0.3) is 5.91 Å². The Balaban J connectivity index is 1.21. The number of amides is 1. The molecule has 2 aromatic carbocycles. The number of nitrogens with zero attached hydrogens (tertiary/aromatic N) is 6. The molecule has 0 aliphatic carbocycles. The fourth-order valence-electron chi connectivity index (χ4n) is 3.26. The highest BCUT2D eigenvalue weighted by Crippen LogP contribution is 2.20. The van der Waals surface area contributed by atoms with Crippen molar-refractivity contribution in [3.05, 3.63) is 103 Å². The van der Waals surface area contributed by atoms with Crippen LogP contribution in [0.25, 0.3) is 5.69 Å². The van der Waals surface area contributed by atoms with Gasteiger partial charge in [-0.25, -0.2) is 15.0 Å². The lowest BCUT2D eigenvalue weighted by atomic mass is 10.2. The first kappa shape index (κ1) is 21.7. The zero-order valence-electron chi connectivity index (χ0n) is 18.8. The number of carbonyl (C=O) groups is 1. The van der Waals surface area contributed by atoms with Crippen LogP contribution in [0.15, 0.2) is 91.5 Å². The largest absolute Gasteiger partial charge is 0.340 e. The average molecular weight is 464 g/mol. The molecule has 0 bridgehead atoms. The van der Waals surface area contributed by atoms with Crippen molar-refractivity contribution in [2.45, 2.75) is 6.92 Å². The topological polar surface area (TPSA) is 123 Å². The molecule has 35 heavy (non-hydrogen) atoms. The third-order valence-electron chi connectivity index (χ3n) is 4.97. The number of hydrogen-bond donors (Lipinski definition) is 3. The summed E-state index contributed by atoms with van der Waals surface area (Å²) in [6, 6.07) is 22.3. The molecule has 0 radical (unpaired) electrons. The Labute approximate surface area is 201 Å². The highest BCUT2D eigenvalue weighted by Gasteiger charge is 2.12. The molecule has 0 saturated heterocycles. The van der Waals surface area contributed by atoms with Crippen molar-refractivity contribution < 1.29 is 4.79 Å². The lowest BCUT2D eigenvalue weighted by molar-refractivity contribution is 0.102. The number of rotatable bonds is 7. The number of pyridine rings is 1. The van der Waals surface area contributed by atoms with Crippen LogP contribution < -0.4 is 16.0 Å². The van der Waals surface area contributed by atoms with Crippen LogP contribution in [-0.4, -0.2) is 35.9 Å². The minimum atomic E-state index is -0.343. The molecule has 0 aliphatic heterocycles. The van der Waals surface area contributed by atoms with E-state index < -0.39 is 0 Å². The van der Waals surface area contributed by atoms with Gasteiger partial charge in [0.05, 0.1) is 11.9 Å². The SMILES string of the molecule is Cc1ccnc(Nc2cc(Nc3ccc(NC(=O)c4cnn(-c5ccccc5)n4)cc3)ncn2)c1. The summed E-state index contributed by atoms with van der Waals surface area (Å²) >= 11 is 0. The summed E-state index contributed by atoms with van der Waals surface area (Å²) in [5.74, 6) is 1.60. The highest BCUT2D eigenvalue weighted by atomic mass is 16.2. The van der Waals surface area contributed by atoms with Crippen molar-refractivity contribution >= 4 is 34.7 Å². The van der Waals surface area contributed by atoms with Crippen LogP contribution in [-0.2, 0) is 0 Å². The standard InChI is InChI=1S/C25H21N9O/c1-17-11-12-26-22(13-17)32-24-14-23(27-16-28-24)30-18-7-9-19(10-8-18)31-25(35)21-15-29-34(33-21)20-5-3-2-4-6-20/h2-16H,1H3,(H,31,35)(H2,26,27,28,30,32). The Morgan fingerprint density at radius 2 is 1.51 bits per heavy atom. The maximum Gasteiger partial charge on any atom is 0.277 e. The summed E-state index contributed by atoms with van der Waals surface area (Å²) in [6.07, 6.45) is 4.65. The summed E-state index contributed by atoms with van der Waals surface area (Å²) in [5, 5.41) is 17.6. The van der Waals surface area contributed by atoms with E-state index in [-0.39, 0.29) is 11.6 Å². The molecule has 0 saturated carbocycles. The van der Waals surface area contributed by atoms with E-state index in [1.54, 1.807) is 24.4 Å². The Hall–Kier alpha value is -5.12. The number of aromatic nitrogens is 6. The Morgan fingerprint density at radius 3 is 2.29 bits per heavy atom. The lowest BCUT2D eigenvalue weighted by Crippen LogP contribution is -2.13. The van der Waals surface area contributed by atoms with Gasteiger partial charge in [0.15, 0.2) is 5.69 Å². The molecule has 10 heteroatoms. The Bertz CT molecular complexity index is 1450. The minimum Gasteiger partial charge on any atom is -0.340 e. The molecule has 3 aromatic heterocycles. The highest BCUT2D eigenvalue weighted by molar-refractivity contribution is 6.02. The monoisotopic (exact) mass is 463 g/mol. The summed E-state index contributed by atoms with van der Waals surface area (Å²) < 4.78 is 0. The second-order valence-corrected chi connectivity index (χ2v) is 7.64. The Morgan fingerprint density at radius 1 is 0.800 bits per heavy atom. The van der Waals surface area contributed by atoms with Crippen LogP contribution in [0.5, 0.6) is 0 Å². The molecule has 1 amide bonds. The van der Waals surface area contributed by atoms with Crippen LogP contribution in [0, 0.1) is 6.92 Å². The van der Waals surface area contributed by atoms with Crippen molar-refractivity contribution in [3.8, 4) is 5.69 Å². The lowest BCUT2D eigenvalue weighted by Gasteiger charge is -2.09. The van der Waals surface area contributed by atoms with Gasteiger partial charge in [0.1, 0.15) is 23.8 Å². The molecule has 0 aliphatic rings. The van der Waals surface area contributed by atoms with Crippen LogP contribution in [0.3, 0.4) is 0 Å². The summed E-state index contributed by atoms with van der Waals surface area (Å²) in [4.78, 5) is 26.8. The van der Waals surface area contributed by atoms with E-state index in [1.807, 2.05) is 61.5 Å². The van der Waals surface area contributed by atoms with Crippen LogP contribution >= 0.6 is 0 Å². The number of aryl methyl sites for hydroxylation is 1. The predicted octanol–water partition coefficient (Wildman–Crippen LogP) is 4.50. The van der Waals surface area contributed by atoms with Gasteiger partial charge in [-0.2, -0.15) is 9.90 Å². The molecule has 5 rings (SSSR count). The molecular weight excluding hydrogens is 442 g/mol. The zero-order valence-corrected chi connectivity index (χ0v) is 18.8.